The molecule has 0 radical (unpaired) electrons. The summed E-state index contributed by atoms with van der Waals surface area (Å²) in [5.74, 6) is 5.95. The normalized spacial score (nSPS) is 9.40. The zero-order valence-corrected chi connectivity index (χ0v) is 8.64. The number of nitrogens with zero attached hydrogens (tertiary/aromatic N) is 2. The standard InChI is InChI=1S/C13H12N2/c1-2-5-12-6-3-7-13(10-12)11-15-9-4-8-14-15/h3-4,6-10H,11H2,1H3. The van der Waals surface area contributed by atoms with Crippen molar-refractivity contribution in [2.75, 3.05) is 0 Å². The summed E-state index contributed by atoms with van der Waals surface area (Å²) in [6.45, 7) is 2.65. The maximum absolute atomic E-state index is 4.17. The van der Waals surface area contributed by atoms with Crippen molar-refractivity contribution in [1.82, 2.24) is 9.78 Å². The fraction of sp³-hybridized carbons (Fsp3) is 0.154. The first-order valence-corrected chi connectivity index (χ1v) is 4.87. The van der Waals surface area contributed by atoms with Crippen molar-refractivity contribution >= 4 is 0 Å². The highest BCUT2D eigenvalue weighted by Gasteiger charge is 1.95. The van der Waals surface area contributed by atoms with Crippen LogP contribution in [-0.4, -0.2) is 9.78 Å². The van der Waals surface area contributed by atoms with E-state index in [4.69, 9.17) is 0 Å². The van der Waals surface area contributed by atoms with Crippen molar-refractivity contribution in [3.63, 3.8) is 0 Å². The summed E-state index contributed by atoms with van der Waals surface area (Å²) < 4.78 is 1.90. The van der Waals surface area contributed by atoms with Crippen LogP contribution >= 0.6 is 0 Å². The van der Waals surface area contributed by atoms with E-state index in [1.807, 2.05) is 36.0 Å². The van der Waals surface area contributed by atoms with Gasteiger partial charge in [-0.1, -0.05) is 18.1 Å². The van der Waals surface area contributed by atoms with Crippen LogP contribution in [-0.2, 0) is 6.54 Å². The topological polar surface area (TPSA) is 17.8 Å². The van der Waals surface area contributed by atoms with Gasteiger partial charge in [0.25, 0.3) is 0 Å². The summed E-state index contributed by atoms with van der Waals surface area (Å²) >= 11 is 0. The van der Waals surface area contributed by atoms with E-state index in [0.717, 1.165) is 12.1 Å². The monoisotopic (exact) mass is 196 g/mol. The fourth-order valence-electron chi connectivity index (χ4n) is 1.47. The van der Waals surface area contributed by atoms with Crippen molar-refractivity contribution in [2.45, 2.75) is 13.5 Å². The summed E-state index contributed by atoms with van der Waals surface area (Å²) in [4.78, 5) is 0. The van der Waals surface area contributed by atoms with Crippen molar-refractivity contribution in [1.29, 1.82) is 0 Å². The summed E-state index contributed by atoms with van der Waals surface area (Å²) in [7, 11) is 0. The molecular formula is C13H12N2. The van der Waals surface area contributed by atoms with Gasteiger partial charge in [0, 0.05) is 18.0 Å². The molecule has 2 rings (SSSR count). The predicted molar refractivity (Wildman–Crippen MR) is 60.3 cm³/mol. The van der Waals surface area contributed by atoms with Crippen LogP contribution in [0.15, 0.2) is 42.7 Å². The van der Waals surface area contributed by atoms with E-state index in [1.165, 1.54) is 5.56 Å². The molecule has 0 N–H and O–H groups in total. The van der Waals surface area contributed by atoms with Gasteiger partial charge in [-0.05, 0) is 30.7 Å². The molecule has 1 aromatic heterocycles. The van der Waals surface area contributed by atoms with Gasteiger partial charge >= 0.3 is 0 Å². The minimum atomic E-state index is 0.798. The SMILES string of the molecule is CC#Cc1cccc(Cn2cccn2)c1. The zero-order valence-electron chi connectivity index (χ0n) is 8.64. The maximum Gasteiger partial charge on any atom is 0.0659 e. The summed E-state index contributed by atoms with van der Waals surface area (Å²) in [5, 5.41) is 4.17. The van der Waals surface area contributed by atoms with E-state index >= 15 is 0 Å². The van der Waals surface area contributed by atoms with Crippen LogP contribution in [0.25, 0.3) is 0 Å². The Balaban J connectivity index is 2.21. The number of hydrogen-bond donors (Lipinski definition) is 0. The van der Waals surface area contributed by atoms with E-state index in [-0.39, 0.29) is 0 Å². The average Bonchev–Trinajstić information content (AvgIpc) is 2.71. The third-order valence-electron chi connectivity index (χ3n) is 2.10. The third-order valence-corrected chi connectivity index (χ3v) is 2.10. The van der Waals surface area contributed by atoms with Gasteiger partial charge < -0.3 is 0 Å². The van der Waals surface area contributed by atoms with Crippen LogP contribution in [0.3, 0.4) is 0 Å². The highest BCUT2D eigenvalue weighted by atomic mass is 15.3. The molecule has 2 aromatic rings. The highest BCUT2D eigenvalue weighted by Crippen LogP contribution is 2.05. The van der Waals surface area contributed by atoms with Crippen LogP contribution in [0.1, 0.15) is 18.1 Å². The van der Waals surface area contributed by atoms with Gasteiger partial charge in [0.05, 0.1) is 6.54 Å². The number of benzene rings is 1. The van der Waals surface area contributed by atoms with E-state index < -0.39 is 0 Å². The molecule has 15 heavy (non-hydrogen) atoms. The lowest BCUT2D eigenvalue weighted by molar-refractivity contribution is 0.687. The second-order valence-electron chi connectivity index (χ2n) is 3.28. The summed E-state index contributed by atoms with van der Waals surface area (Å²) in [6, 6.07) is 10.2. The smallest absolute Gasteiger partial charge is 0.0659 e. The molecule has 2 heteroatoms. The second-order valence-corrected chi connectivity index (χ2v) is 3.28. The first kappa shape index (κ1) is 9.54. The lowest BCUT2D eigenvalue weighted by Crippen LogP contribution is -1.99. The molecule has 0 spiro atoms. The van der Waals surface area contributed by atoms with Crippen LogP contribution in [0.2, 0.25) is 0 Å². The molecule has 0 unspecified atom stereocenters. The fourth-order valence-corrected chi connectivity index (χ4v) is 1.47. The maximum atomic E-state index is 4.17. The van der Waals surface area contributed by atoms with Gasteiger partial charge in [-0.2, -0.15) is 5.10 Å². The van der Waals surface area contributed by atoms with Gasteiger partial charge in [-0.15, -0.1) is 5.92 Å². The number of rotatable bonds is 2. The van der Waals surface area contributed by atoms with Crippen molar-refractivity contribution < 1.29 is 0 Å². The van der Waals surface area contributed by atoms with E-state index in [9.17, 15) is 0 Å². The molecule has 0 bridgehead atoms. The van der Waals surface area contributed by atoms with Crippen LogP contribution < -0.4 is 0 Å². The van der Waals surface area contributed by atoms with Gasteiger partial charge in [0.2, 0.25) is 0 Å². The predicted octanol–water partition coefficient (Wildman–Crippen LogP) is 2.30. The zero-order chi connectivity index (χ0) is 10.5. The Morgan fingerprint density at radius 2 is 2.27 bits per heavy atom. The number of aromatic nitrogens is 2. The first-order chi connectivity index (χ1) is 7.38. The lowest BCUT2D eigenvalue weighted by atomic mass is 10.1. The molecule has 0 aliphatic heterocycles. The molecular weight excluding hydrogens is 184 g/mol. The van der Waals surface area contributed by atoms with E-state index in [0.29, 0.717) is 0 Å². The minimum absolute atomic E-state index is 0.798. The molecule has 0 aliphatic rings. The van der Waals surface area contributed by atoms with Crippen molar-refractivity contribution in [2.24, 2.45) is 0 Å². The van der Waals surface area contributed by atoms with Crippen molar-refractivity contribution in [3.05, 3.63) is 53.9 Å². The average molecular weight is 196 g/mol. The molecule has 0 amide bonds. The molecule has 2 nitrogen and oxygen atoms in total. The Kier molecular flexibility index (Phi) is 2.85. The highest BCUT2D eigenvalue weighted by molar-refractivity contribution is 5.36. The molecule has 0 fully saturated rings. The molecule has 0 aliphatic carbocycles. The Labute approximate surface area is 89.6 Å². The van der Waals surface area contributed by atoms with Crippen LogP contribution in [0.5, 0.6) is 0 Å². The quantitative estimate of drug-likeness (QED) is 0.674. The van der Waals surface area contributed by atoms with Gasteiger partial charge in [-0.3, -0.25) is 4.68 Å². The lowest BCUT2D eigenvalue weighted by Gasteiger charge is -2.02. The molecule has 1 heterocycles. The Hall–Kier alpha value is -2.01. The first-order valence-electron chi connectivity index (χ1n) is 4.87. The van der Waals surface area contributed by atoms with E-state index in [2.05, 4.69) is 29.1 Å². The largest absolute Gasteiger partial charge is 0.268 e. The summed E-state index contributed by atoms with van der Waals surface area (Å²) in [6.07, 6.45) is 3.74. The Bertz CT molecular complexity index is 487. The molecule has 74 valence electrons. The minimum Gasteiger partial charge on any atom is -0.268 e. The van der Waals surface area contributed by atoms with Crippen molar-refractivity contribution in [3.8, 4) is 11.8 Å². The Morgan fingerprint density at radius 3 is 3.00 bits per heavy atom. The van der Waals surface area contributed by atoms with Gasteiger partial charge in [0.1, 0.15) is 0 Å². The molecule has 0 atom stereocenters. The molecule has 0 saturated carbocycles. The molecule has 0 saturated heterocycles. The second kappa shape index (κ2) is 4.47. The van der Waals surface area contributed by atoms with E-state index in [1.54, 1.807) is 6.20 Å². The van der Waals surface area contributed by atoms with Crippen LogP contribution in [0.4, 0.5) is 0 Å². The summed E-state index contributed by atoms with van der Waals surface area (Å²) in [5.41, 5.74) is 2.28. The molecule has 1 aromatic carbocycles. The third kappa shape index (κ3) is 2.47. The van der Waals surface area contributed by atoms with Crippen LogP contribution in [0, 0.1) is 11.8 Å². The van der Waals surface area contributed by atoms with Gasteiger partial charge in [-0.25, -0.2) is 0 Å². The Morgan fingerprint density at radius 1 is 1.33 bits per heavy atom. The van der Waals surface area contributed by atoms with Gasteiger partial charge in [0.15, 0.2) is 0 Å². The number of hydrogen-bond acceptors (Lipinski definition) is 1.